The third kappa shape index (κ3) is 3.09. The van der Waals surface area contributed by atoms with Crippen LogP contribution in [0.2, 0.25) is 0 Å². The van der Waals surface area contributed by atoms with E-state index in [1.54, 1.807) is 36.4 Å². The van der Waals surface area contributed by atoms with E-state index in [0.29, 0.717) is 16.8 Å². The molecule has 1 amide bonds. The zero-order chi connectivity index (χ0) is 16.2. The molecule has 0 spiro atoms. The molecule has 1 aromatic carbocycles. The number of aromatic amines is 1. The molecule has 6 heteroatoms. The van der Waals surface area contributed by atoms with Gasteiger partial charge in [-0.2, -0.15) is 5.26 Å². The molecule has 0 aliphatic carbocycles. The molecule has 0 atom stereocenters. The third-order valence-corrected chi connectivity index (χ3v) is 3.37. The average molecular weight is 304 g/mol. The topological polar surface area (TPSA) is 98.6 Å². The minimum absolute atomic E-state index is 0.0834. The summed E-state index contributed by atoms with van der Waals surface area (Å²) in [4.78, 5) is 30.9. The number of carbonyl (C=O) groups is 2. The number of benzene rings is 1. The fourth-order valence-corrected chi connectivity index (χ4v) is 2.20. The van der Waals surface area contributed by atoms with Gasteiger partial charge in [0.05, 0.1) is 18.3 Å². The number of rotatable bonds is 4. The summed E-state index contributed by atoms with van der Waals surface area (Å²) in [6.45, 7) is -0.0834. The number of hydrogen-bond donors (Lipinski definition) is 2. The Bertz CT molecular complexity index is 923. The zero-order valence-corrected chi connectivity index (χ0v) is 12.0. The summed E-state index contributed by atoms with van der Waals surface area (Å²) >= 11 is 0. The largest absolute Gasteiger partial charge is 0.349 e. The number of carbonyl (C=O) groups excluding carboxylic acids is 2. The molecule has 112 valence electrons. The van der Waals surface area contributed by atoms with Crippen LogP contribution in [0.4, 0.5) is 0 Å². The number of amides is 1. The Morgan fingerprint density at radius 1 is 1.22 bits per heavy atom. The maximum absolute atomic E-state index is 12.1. The van der Waals surface area contributed by atoms with E-state index in [9.17, 15) is 9.59 Å². The van der Waals surface area contributed by atoms with Gasteiger partial charge in [-0.25, -0.2) is 4.98 Å². The molecule has 0 radical (unpaired) electrons. The van der Waals surface area contributed by atoms with Crippen LogP contribution in [-0.2, 0) is 0 Å². The minimum Gasteiger partial charge on any atom is -0.349 e. The predicted molar refractivity (Wildman–Crippen MR) is 83.9 cm³/mol. The second-order valence-electron chi connectivity index (χ2n) is 4.92. The zero-order valence-electron chi connectivity index (χ0n) is 12.0. The van der Waals surface area contributed by atoms with Crippen LogP contribution in [0.25, 0.3) is 10.9 Å². The van der Waals surface area contributed by atoms with Gasteiger partial charge in [-0.3, -0.25) is 9.59 Å². The first-order valence-corrected chi connectivity index (χ1v) is 6.92. The summed E-state index contributed by atoms with van der Waals surface area (Å²) in [5.41, 5.74) is 1.80. The SMILES string of the molecule is N#Cc1cc2cc(C(=O)NCC(=O)c3ccccc3)[nH]c2cn1. The molecule has 2 aromatic heterocycles. The van der Waals surface area contributed by atoms with Crippen molar-refractivity contribution in [3.05, 3.63) is 65.6 Å². The van der Waals surface area contributed by atoms with Crippen molar-refractivity contribution in [2.24, 2.45) is 0 Å². The average Bonchev–Trinajstić information content (AvgIpc) is 3.03. The number of nitriles is 1. The highest BCUT2D eigenvalue weighted by Gasteiger charge is 2.12. The van der Waals surface area contributed by atoms with Crippen molar-refractivity contribution in [2.45, 2.75) is 0 Å². The molecule has 2 heterocycles. The number of H-pyrrole nitrogens is 1. The predicted octanol–water partition coefficient (Wildman–Crippen LogP) is 2.05. The molecule has 23 heavy (non-hydrogen) atoms. The third-order valence-electron chi connectivity index (χ3n) is 3.37. The van der Waals surface area contributed by atoms with Gasteiger partial charge in [0.2, 0.25) is 0 Å². The van der Waals surface area contributed by atoms with Crippen molar-refractivity contribution in [1.29, 1.82) is 5.26 Å². The number of nitrogens with one attached hydrogen (secondary N) is 2. The fraction of sp³-hybridized carbons (Fsp3) is 0.0588. The standard InChI is InChI=1S/C17H12N4O2/c18-8-13-6-12-7-14(21-15(12)9-19-13)17(23)20-10-16(22)11-4-2-1-3-5-11/h1-7,9,21H,10H2,(H,20,23). The maximum atomic E-state index is 12.1. The second-order valence-corrected chi connectivity index (χ2v) is 4.92. The molecule has 3 aromatic rings. The van der Waals surface area contributed by atoms with E-state index < -0.39 is 0 Å². The molecule has 0 fully saturated rings. The van der Waals surface area contributed by atoms with E-state index in [4.69, 9.17) is 5.26 Å². The number of pyridine rings is 1. The summed E-state index contributed by atoms with van der Waals surface area (Å²) in [5, 5.41) is 12.1. The highest BCUT2D eigenvalue weighted by atomic mass is 16.2. The van der Waals surface area contributed by atoms with E-state index in [1.165, 1.54) is 6.20 Å². The summed E-state index contributed by atoms with van der Waals surface area (Å²) in [5.74, 6) is -0.549. The van der Waals surface area contributed by atoms with Crippen molar-refractivity contribution in [3.63, 3.8) is 0 Å². The Kier molecular flexibility index (Phi) is 3.85. The van der Waals surface area contributed by atoms with E-state index >= 15 is 0 Å². The van der Waals surface area contributed by atoms with E-state index in [2.05, 4.69) is 15.3 Å². The van der Waals surface area contributed by atoms with E-state index in [0.717, 1.165) is 5.39 Å². The molecule has 0 saturated heterocycles. The number of nitrogens with zero attached hydrogens (tertiary/aromatic N) is 2. The lowest BCUT2D eigenvalue weighted by atomic mass is 10.1. The van der Waals surface area contributed by atoms with Gasteiger partial charge in [-0.15, -0.1) is 0 Å². The lowest BCUT2D eigenvalue weighted by Gasteiger charge is -2.03. The van der Waals surface area contributed by atoms with Gasteiger partial charge in [0, 0.05) is 10.9 Å². The number of Topliss-reactive ketones (excluding diaryl/α,β-unsaturated/α-hetero) is 1. The van der Waals surface area contributed by atoms with Gasteiger partial charge in [0.15, 0.2) is 5.78 Å². The van der Waals surface area contributed by atoms with Crippen LogP contribution in [-0.4, -0.2) is 28.2 Å². The van der Waals surface area contributed by atoms with Crippen LogP contribution in [0.5, 0.6) is 0 Å². The van der Waals surface area contributed by atoms with E-state index in [1.807, 2.05) is 12.1 Å². The Morgan fingerprint density at radius 2 is 2.00 bits per heavy atom. The first kappa shape index (κ1) is 14.5. The number of aromatic nitrogens is 2. The van der Waals surface area contributed by atoms with Crippen LogP contribution in [0.3, 0.4) is 0 Å². The molecule has 0 saturated carbocycles. The molecule has 3 rings (SSSR count). The molecule has 0 bridgehead atoms. The van der Waals surface area contributed by atoms with Gasteiger partial charge in [-0.1, -0.05) is 30.3 Å². The number of ketones is 1. The van der Waals surface area contributed by atoms with Gasteiger partial charge >= 0.3 is 0 Å². The van der Waals surface area contributed by atoms with Gasteiger partial charge < -0.3 is 10.3 Å². The van der Waals surface area contributed by atoms with Crippen molar-refractivity contribution in [2.75, 3.05) is 6.54 Å². The minimum atomic E-state index is -0.385. The normalized spacial score (nSPS) is 10.2. The quantitative estimate of drug-likeness (QED) is 0.721. The Labute approximate surface area is 131 Å². The van der Waals surface area contributed by atoms with Crippen molar-refractivity contribution >= 4 is 22.6 Å². The molecule has 2 N–H and O–H groups in total. The molecule has 0 aliphatic heterocycles. The highest BCUT2D eigenvalue weighted by Crippen LogP contribution is 2.15. The summed E-state index contributed by atoms with van der Waals surface area (Å²) in [6.07, 6.45) is 1.50. The summed E-state index contributed by atoms with van der Waals surface area (Å²) < 4.78 is 0. The fourth-order valence-electron chi connectivity index (χ4n) is 2.20. The molecule has 0 aliphatic rings. The van der Waals surface area contributed by atoms with Crippen LogP contribution in [0.1, 0.15) is 26.5 Å². The highest BCUT2D eigenvalue weighted by molar-refractivity contribution is 6.03. The monoisotopic (exact) mass is 304 g/mol. The van der Waals surface area contributed by atoms with Crippen LogP contribution in [0.15, 0.2) is 48.7 Å². The van der Waals surface area contributed by atoms with Crippen molar-refractivity contribution in [3.8, 4) is 6.07 Å². The summed E-state index contributed by atoms with van der Waals surface area (Å²) in [7, 11) is 0. The molecular weight excluding hydrogens is 292 g/mol. The lowest BCUT2D eigenvalue weighted by Crippen LogP contribution is -2.29. The number of fused-ring (bicyclic) bond motifs is 1. The van der Waals surface area contributed by atoms with Gasteiger partial charge in [-0.05, 0) is 12.1 Å². The summed E-state index contributed by atoms with van der Waals surface area (Å²) in [6, 6.07) is 13.9. The Morgan fingerprint density at radius 3 is 2.74 bits per heavy atom. The van der Waals surface area contributed by atoms with Crippen molar-refractivity contribution in [1.82, 2.24) is 15.3 Å². The van der Waals surface area contributed by atoms with Gasteiger partial charge in [0.25, 0.3) is 5.91 Å². The molecular formula is C17H12N4O2. The first-order chi connectivity index (χ1) is 11.2. The maximum Gasteiger partial charge on any atom is 0.268 e. The lowest BCUT2D eigenvalue weighted by molar-refractivity contribution is 0.0901. The van der Waals surface area contributed by atoms with E-state index in [-0.39, 0.29) is 23.9 Å². The molecule has 0 unspecified atom stereocenters. The second kappa shape index (κ2) is 6.12. The first-order valence-electron chi connectivity index (χ1n) is 6.92. The number of hydrogen-bond acceptors (Lipinski definition) is 4. The molecule has 6 nitrogen and oxygen atoms in total. The Balaban J connectivity index is 1.71. The smallest absolute Gasteiger partial charge is 0.268 e. The van der Waals surface area contributed by atoms with Crippen LogP contribution >= 0.6 is 0 Å². The van der Waals surface area contributed by atoms with Crippen LogP contribution in [0, 0.1) is 11.3 Å². The Hall–Kier alpha value is -3.46. The van der Waals surface area contributed by atoms with Crippen molar-refractivity contribution < 1.29 is 9.59 Å². The van der Waals surface area contributed by atoms with Crippen LogP contribution < -0.4 is 5.32 Å². The van der Waals surface area contributed by atoms with Gasteiger partial charge in [0.1, 0.15) is 17.5 Å².